The summed E-state index contributed by atoms with van der Waals surface area (Å²) in [6, 6.07) is 17.5. The van der Waals surface area contributed by atoms with Gasteiger partial charge in [-0.25, -0.2) is 9.69 Å². The minimum atomic E-state index is -0.507. The van der Waals surface area contributed by atoms with E-state index in [0.717, 1.165) is 16.7 Å². The van der Waals surface area contributed by atoms with E-state index in [-0.39, 0.29) is 18.1 Å². The number of aryl methyl sites for hydroxylation is 1. The van der Waals surface area contributed by atoms with E-state index in [1.807, 2.05) is 54.6 Å². The molecule has 0 saturated carbocycles. The zero-order valence-corrected chi connectivity index (χ0v) is 12.6. The highest BCUT2D eigenvalue weighted by molar-refractivity contribution is 5.94. The van der Waals surface area contributed by atoms with Gasteiger partial charge in [0, 0.05) is 12.8 Å². The molecule has 2 atom stereocenters. The smallest absolute Gasteiger partial charge is 0.417 e. The van der Waals surface area contributed by atoms with Crippen molar-refractivity contribution in [1.82, 2.24) is 4.90 Å². The van der Waals surface area contributed by atoms with Crippen molar-refractivity contribution >= 4 is 12.0 Å². The molecule has 1 aliphatic heterocycles. The first-order valence-electron chi connectivity index (χ1n) is 7.88. The summed E-state index contributed by atoms with van der Waals surface area (Å²) >= 11 is 0. The van der Waals surface area contributed by atoms with E-state index in [9.17, 15) is 9.59 Å². The summed E-state index contributed by atoms with van der Waals surface area (Å²) in [4.78, 5) is 26.1. The van der Waals surface area contributed by atoms with Crippen LogP contribution < -0.4 is 0 Å². The topological polar surface area (TPSA) is 46.6 Å². The predicted molar refractivity (Wildman–Crippen MR) is 84.8 cm³/mol. The molecule has 116 valence electrons. The Labute approximate surface area is 134 Å². The molecule has 4 nitrogen and oxygen atoms in total. The van der Waals surface area contributed by atoms with Crippen LogP contribution in [0.15, 0.2) is 54.6 Å². The number of hydrogen-bond acceptors (Lipinski definition) is 3. The number of carbonyl (C=O) groups is 2. The van der Waals surface area contributed by atoms with Crippen molar-refractivity contribution in [3.63, 3.8) is 0 Å². The van der Waals surface area contributed by atoms with Crippen molar-refractivity contribution in [3.8, 4) is 0 Å². The van der Waals surface area contributed by atoms with Gasteiger partial charge in [0.1, 0.15) is 12.1 Å². The minimum absolute atomic E-state index is 0.164. The van der Waals surface area contributed by atoms with Crippen LogP contribution in [-0.2, 0) is 22.4 Å². The molecule has 0 spiro atoms. The first kappa shape index (κ1) is 14.0. The van der Waals surface area contributed by atoms with Gasteiger partial charge < -0.3 is 4.74 Å². The van der Waals surface area contributed by atoms with Gasteiger partial charge in [-0.15, -0.1) is 0 Å². The Morgan fingerprint density at radius 3 is 2.65 bits per heavy atom. The zero-order chi connectivity index (χ0) is 15.8. The van der Waals surface area contributed by atoms with Gasteiger partial charge >= 0.3 is 6.09 Å². The zero-order valence-electron chi connectivity index (χ0n) is 12.6. The molecule has 1 heterocycles. The molecule has 23 heavy (non-hydrogen) atoms. The summed E-state index contributed by atoms with van der Waals surface area (Å²) in [5.74, 6) is -0.164. The van der Waals surface area contributed by atoms with Gasteiger partial charge in [0.15, 0.2) is 0 Å². The van der Waals surface area contributed by atoms with Crippen molar-refractivity contribution in [2.45, 2.75) is 31.4 Å². The molecule has 0 aromatic heterocycles. The van der Waals surface area contributed by atoms with Gasteiger partial charge in [0.05, 0.1) is 0 Å². The molecular formula is C19H17NO3. The molecule has 0 bridgehead atoms. The maximum atomic E-state index is 12.6. The quantitative estimate of drug-likeness (QED) is 0.874. The average Bonchev–Trinajstić information content (AvgIpc) is 3.08. The number of hydrogen-bond donors (Lipinski definition) is 0. The van der Waals surface area contributed by atoms with E-state index in [1.165, 1.54) is 4.90 Å². The van der Waals surface area contributed by atoms with Crippen molar-refractivity contribution in [2.24, 2.45) is 0 Å². The first-order valence-corrected chi connectivity index (χ1v) is 7.88. The number of rotatable bonds is 3. The van der Waals surface area contributed by atoms with Crippen molar-refractivity contribution in [3.05, 3.63) is 71.3 Å². The second-order valence-electron chi connectivity index (χ2n) is 6.02. The molecule has 0 N–H and O–H groups in total. The van der Waals surface area contributed by atoms with Crippen LogP contribution in [0, 0.1) is 0 Å². The van der Waals surface area contributed by atoms with Gasteiger partial charge in [-0.1, -0.05) is 54.6 Å². The van der Waals surface area contributed by atoms with Gasteiger partial charge in [0.2, 0.25) is 5.91 Å². The van der Waals surface area contributed by atoms with Gasteiger partial charge in [0.25, 0.3) is 0 Å². The standard InChI is InChI=1S/C19H17NO3/c21-17(11-10-13-6-2-1-3-7-13)20-18-15-9-5-4-8-14(15)12-16(18)23-19(20)22/h1-9,16,18H,10-12H2/t16-,18+/m1/s1. The number of carbonyl (C=O) groups excluding carboxylic acids is 2. The van der Waals surface area contributed by atoms with Crippen LogP contribution in [0.25, 0.3) is 0 Å². The summed E-state index contributed by atoms with van der Waals surface area (Å²) in [5, 5.41) is 0. The number of imide groups is 1. The monoisotopic (exact) mass is 307 g/mol. The third kappa shape index (κ3) is 2.40. The lowest BCUT2D eigenvalue weighted by atomic mass is 10.1. The SMILES string of the molecule is O=C(CCc1ccccc1)N1C(=O)O[C@@H]2Cc3ccccc3[C@@H]21. The molecule has 2 aromatic rings. The molecule has 1 aliphatic carbocycles. The van der Waals surface area contributed by atoms with Gasteiger partial charge in [-0.3, -0.25) is 4.79 Å². The lowest BCUT2D eigenvalue weighted by Crippen LogP contribution is -2.34. The Morgan fingerprint density at radius 1 is 1.09 bits per heavy atom. The molecule has 0 unspecified atom stereocenters. The van der Waals surface area contributed by atoms with Crippen LogP contribution in [0.2, 0.25) is 0 Å². The Hall–Kier alpha value is -2.62. The van der Waals surface area contributed by atoms with Crippen molar-refractivity contribution in [2.75, 3.05) is 0 Å². The van der Waals surface area contributed by atoms with E-state index < -0.39 is 6.09 Å². The van der Waals surface area contributed by atoms with E-state index in [1.54, 1.807) is 0 Å². The second-order valence-corrected chi connectivity index (χ2v) is 6.02. The molecule has 4 rings (SSSR count). The molecular weight excluding hydrogens is 290 g/mol. The highest BCUT2D eigenvalue weighted by atomic mass is 16.6. The Kier molecular flexibility index (Phi) is 3.37. The Balaban J connectivity index is 1.53. The van der Waals surface area contributed by atoms with Crippen LogP contribution in [0.1, 0.15) is 29.2 Å². The van der Waals surface area contributed by atoms with Crippen LogP contribution in [0.3, 0.4) is 0 Å². The summed E-state index contributed by atoms with van der Waals surface area (Å²) in [6.45, 7) is 0. The van der Waals surface area contributed by atoms with E-state index in [0.29, 0.717) is 19.3 Å². The first-order chi connectivity index (χ1) is 11.2. The van der Waals surface area contributed by atoms with Crippen molar-refractivity contribution < 1.29 is 14.3 Å². The summed E-state index contributed by atoms with van der Waals surface area (Å²) in [7, 11) is 0. The van der Waals surface area contributed by atoms with Crippen LogP contribution >= 0.6 is 0 Å². The van der Waals surface area contributed by atoms with Gasteiger partial charge in [-0.2, -0.15) is 0 Å². The third-order valence-corrected chi connectivity index (χ3v) is 4.61. The van der Waals surface area contributed by atoms with Crippen LogP contribution in [0.5, 0.6) is 0 Å². The second kappa shape index (κ2) is 5.54. The fourth-order valence-electron chi connectivity index (χ4n) is 3.52. The van der Waals surface area contributed by atoms with E-state index in [4.69, 9.17) is 4.74 Å². The maximum absolute atomic E-state index is 12.6. The summed E-state index contributed by atoms with van der Waals surface area (Å²) in [5.41, 5.74) is 3.30. The fourth-order valence-corrected chi connectivity index (χ4v) is 3.52. The Morgan fingerprint density at radius 2 is 1.83 bits per heavy atom. The highest BCUT2D eigenvalue weighted by Gasteiger charge is 2.49. The number of amides is 2. The molecule has 1 saturated heterocycles. The normalized spacial score (nSPS) is 21.7. The minimum Gasteiger partial charge on any atom is -0.443 e. The predicted octanol–water partition coefficient (Wildman–Crippen LogP) is 3.26. The summed E-state index contributed by atoms with van der Waals surface area (Å²) < 4.78 is 5.42. The number of ether oxygens (including phenoxy) is 1. The van der Waals surface area contributed by atoms with E-state index >= 15 is 0 Å². The maximum Gasteiger partial charge on any atom is 0.417 e. The summed E-state index contributed by atoms with van der Waals surface area (Å²) in [6.07, 6.45) is 0.885. The molecule has 2 aliphatic rings. The molecule has 2 aromatic carbocycles. The fraction of sp³-hybridized carbons (Fsp3) is 0.263. The third-order valence-electron chi connectivity index (χ3n) is 4.61. The lowest BCUT2D eigenvalue weighted by Gasteiger charge is -2.19. The molecule has 4 heteroatoms. The van der Waals surface area contributed by atoms with Crippen molar-refractivity contribution in [1.29, 1.82) is 0 Å². The van der Waals surface area contributed by atoms with E-state index in [2.05, 4.69) is 0 Å². The Bertz CT molecular complexity index is 756. The molecule has 1 fully saturated rings. The van der Waals surface area contributed by atoms with Crippen LogP contribution in [-0.4, -0.2) is 23.0 Å². The number of fused-ring (bicyclic) bond motifs is 3. The largest absolute Gasteiger partial charge is 0.443 e. The molecule has 2 amide bonds. The average molecular weight is 307 g/mol. The highest BCUT2D eigenvalue weighted by Crippen LogP contribution is 2.42. The number of nitrogens with zero attached hydrogens (tertiary/aromatic N) is 1. The molecule has 0 radical (unpaired) electrons. The number of benzene rings is 2. The lowest BCUT2D eigenvalue weighted by molar-refractivity contribution is -0.129. The van der Waals surface area contributed by atoms with Crippen LogP contribution in [0.4, 0.5) is 4.79 Å². The van der Waals surface area contributed by atoms with Gasteiger partial charge in [-0.05, 0) is 23.1 Å².